The Bertz CT molecular complexity index is 801. The van der Waals surface area contributed by atoms with Gasteiger partial charge in [0, 0.05) is 18.1 Å². The molecule has 0 amide bonds. The minimum atomic E-state index is 0.0786. The summed E-state index contributed by atoms with van der Waals surface area (Å²) in [6.45, 7) is 0.809. The molecule has 0 bridgehead atoms. The van der Waals surface area contributed by atoms with E-state index in [0.29, 0.717) is 5.92 Å². The van der Waals surface area contributed by atoms with Gasteiger partial charge in [-0.25, -0.2) is 9.97 Å². The molecular formula is C13H11N3OS. The van der Waals surface area contributed by atoms with Gasteiger partial charge in [0.15, 0.2) is 0 Å². The van der Waals surface area contributed by atoms with Gasteiger partial charge >= 0.3 is 0 Å². The third-order valence-corrected chi connectivity index (χ3v) is 4.46. The van der Waals surface area contributed by atoms with E-state index < -0.39 is 0 Å². The molecule has 1 saturated carbocycles. The molecule has 0 saturated heterocycles. The zero-order valence-electron chi connectivity index (χ0n) is 9.67. The molecule has 1 fully saturated rings. The quantitative estimate of drug-likeness (QED) is 0.708. The van der Waals surface area contributed by atoms with Gasteiger partial charge in [0.1, 0.15) is 9.53 Å². The number of hydrogen-bond acceptors (Lipinski definition) is 4. The number of aromatic nitrogens is 3. The van der Waals surface area contributed by atoms with E-state index >= 15 is 0 Å². The molecule has 18 heavy (non-hydrogen) atoms. The summed E-state index contributed by atoms with van der Waals surface area (Å²) >= 11 is 1.44. The lowest BCUT2D eigenvalue weighted by Gasteiger charge is -2.02. The van der Waals surface area contributed by atoms with E-state index in [-0.39, 0.29) is 5.56 Å². The van der Waals surface area contributed by atoms with Gasteiger partial charge < -0.3 is 0 Å². The zero-order valence-corrected chi connectivity index (χ0v) is 10.5. The molecule has 1 aliphatic rings. The molecular weight excluding hydrogens is 246 g/mol. The number of hydrogen-bond donors (Lipinski definition) is 0. The van der Waals surface area contributed by atoms with Crippen LogP contribution in [0, 0.1) is 5.92 Å². The van der Waals surface area contributed by atoms with E-state index in [9.17, 15) is 4.79 Å². The van der Waals surface area contributed by atoms with Crippen LogP contribution in [0.1, 0.15) is 12.8 Å². The minimum absolute atomic E-state index is 0.0786. The second-order valence-electron chi connectivity index (χ2n) is 4.78. The van der Waals surface area contributed by atoms with Gasteiger partial charge in [-0.05, 0) is 30.9 Å². The molecule has 0 unspecified atom stereocenters. The number of thiophene rings is 1. The largest absolute Gasteiger partial charge is 0.298 e. The lowest BCUT2D eigenvalue weighted by Crippen LogP contribution is -2.20. The van der Waals surface area contributed by atoms with Gasteiger partial charge in [0.25, 0.3) is 5.56 Å². The van der Waals surface area contributed by atoms with Crippen molar-refractivity contribution in [3.63, 3.8) is 0 Å². The second-order valence-corrected chi connectivity index (χ2v) is 5.78. The maximum Gasteiger partial charge on any atom is 0.271 e. The standard InChI is InChI=1S/C13H11N3OS/c17-13-11-10(9-2-1-5-14-12(9)18-11)15-7-16(13)6-8-3-4-8/h1-2,5,7-8H,3-4,6H2. The average Bonchev–Trinajstić information content (AvgIpc) is 3.12. The monoisotopic (exact) mass is 257 g/mol. The van der Waals surface area contributed by atoms with Crippen LogP contribution >= 0.6 is 11.3 Å². The predicted molar refractivity (Wildman–Crippen MR) is 71.9 cm³/mol. The summed E-state index contributed by atoms with van der Waals surface area (Å²) in [7, 11) is 0. The number of rotatable bonds is 2. The molecule has 0 aliphatic heterocycles. The number of nitrogens with zero attached hydrogens (tertiary/aromatic N) is 3. The Kier molecular flexibility index (Phi) is 2.05. The van der Waals surface area contributed by atoms with E-state index in [1.54, 1.807) is 17.1 Å². The van der Waals surface area contributed by atoms with Crippen molar-refractivity contribution in [3.8, 4) is 0 Å². The highest BCUT2D eigenvalue weighted by molar-refractivity contribution is 7.25. The molecule has 90 valence electrons. The Morgan fingerprint density at radius 2 is 2.28 bits per heavy atom. The molecule has 4 nitrogen and oxygen atoms in total. The highest BCUT2D eigenvalue weighted by Gasteiger charge is 2.23. The highest BCUT2D eigenvalue weighted by atomic mass is 32.1. The molecule has 0 aromatic carbocycles. The lowest BCUT2D eigenvalue weighted by atomic mass is 10.3. The van der Waals surface area contributed by atoms with Gasteiger partial charge in [-0.2, -0.15) is 0 Å². The van der Waals surface area contributed by atoms with Crippen LogP contribution in [0.4, 0.5) is 0 Å². The van der Waals surface area contributed by atoms with E-state index in [2.05, 4.69) is 9.97 Å². The maximum absolute atomic E-state index is 12.4. The first-order chi connectivity index (χ1) is 8.83. The van der Waals surface area contributed by atoms with E-state index in [4.69, 9.17) is 0 Å². The fourth-order valence-corrected chi connectivity index (χ4v) is 3.26. The Morgan fingerprint density at radius 1 is 1.39 bits per heavy atom. The summed E-state index contributed by atoms with van der Waals surface area (Å²) in [5.41, 5.74) is 0.870. The summed E-state index contributed by atoms with van der Waals surface area (Å²) in [5.74, 6) is 0.675. The van der Waals surface area contributed by atoms with E-state index in [0.717, 1.165) is 27.0 Å². The van der Waals surface area contributed by atoms with Crippen molar-refractivity contribution in [3.05, 3.63) is 35.0 Å². The first-order valence-corrected chi connectivity index (χ1v) is 6.87. The van der Waals surface area contributed by atoms with Gasteiger partial charge in [-0.1, -0.05) is 0 Å². The van der Waals surface area contributed by atoms with Crippen molar-refractivity contribution in [1.29, 1.82) is 0 Å². The lowest BCUT2D eigenvalue weighted by molar-refractivity contribution is 0.602. The Balaban J connectivity index is 2.01. The topological polar surface area (TPSA) is 47.8 Å². The van der Waals surface area contributed by atoms with Crippen molar-refractivity contribution in [1.82, 2.24) is 14.5 Å². The predicted octanol–water partition coefficient (Wildman–Crippen LogP) is 2.42. The summed E-state index contributed by atoms with van der Waals surface area (Å²) in [5, 5.41) is 0.980. The van der Waals surface area contributed by atoms with Gasteiger partial charge in [0.05, 0.1) is 11.8 Å². The summed E-state index contributed by atoms with van der Waals surface area (Å²) in [6, 6.07) is 3.85. The smallest absolute Gasteiger partial charge is 0.271 e. The minimum Gasteiger partial charge on any atom is -0.298 e. The van der Waals surface area contributed by atoms with Crippen molar-refractivity contribution in [2.24, 2.45) is 5.92 Å². The molecule has 0 atom stereocenters. The fourth-order valence-electron chi connectivity index (χ4n) is 2.21. The second kappa shape index (κ2) is 3.62. The van der Waals surface area contributed by atoms with Crippen LogP contribution < -0.4 is 5.56 Å². The van der Waals surface area contributed by atoms with Crippen LogP contribution in [0.3, 0.4) is 0 Å². The Labute approximate surface area is 107 Å². The summed E-state index contributed by atoms with van der Waals surface area (Å²) < 4.78 is 2.47. The van der Waals surface area contributed by atoms with Crippen LogP contribution in [0.5, 0.6) is 0 Å². The van der Waals surface area contributed by atoms with Crippen LogP contribution in [-0.2, 0) is 6.54 Å². The molecule has 5 heteroatoms. The Morgan fingerprint density at radius 3 is 3.11 bits per heavy atom. The van der Waals surface area contributed by atoms with Gasteiger partial charge in [-0.15, -0.1) is 11.3 Å². The van der Waals surface area contributed by atoms with Crippen LogP contribution in [0.15, 0.2) is 29.5 Å². The third-order valence-electron chi connectivity index (χ3n) is 3.37. The summed E-state index contributed by atoms with van der Waals surface area (Å²) in [4.78, 5) is 22.0. The fraction of sp³-hybridized carbons (Fsp3) is 0.308. The van der Waals surface area contributed by atoms with Crippen LogP contribution in [0.2, 0.25) is 0 Å². The normalized spacial score (nSPS) is 15.6. The van der Waals surface area contributed by atoms with Crippen molar-refractivity contribution >= 4 is 31.8 Å². The number of fused-ring (bicyclic) bond motifs is 3. The van der Waals surface area contributed by atoms with E-state index in [1.165, 1.54) is 24.2 Å². The average molecular weight is 257 g/mol. The first-order valence-electron chi connectivity index (χ1n) is 6.05. The SMILES string of the molecule is O=c1c2sc3ncccc3c2ncn1CC1CC1. The van der Waals surface area contributed by atoms with E-state index in [1.807, 2.05) is 12.1 Å². The maximum atomic E-state index is 12.4. The Hall–Kier alpha value is -1.75. The molecule has 1 aliphatic carbocycles. The number of pyridine rings is 1. The van der Waals surface area contributed by atoms with Crippen molar-refractivity contribution in [2.75, 3.05) is 0 Å². The zero-order chi connectivity index (χ0) is 12.1. The molecule has 3 aromatic rings. The third kappa shape index (κ3) is 1.47. The van der Waals surface area contributed by atoms with Gasteiger partial charge in [0.2, 0.25) is 0 Å². The summed E-state index contributed by atoms with van der Waals surface area (Å²) in [6.07, 6.45) is 5.90. The van der Waals surface area contributed by atoms with Crippen molar-refractivity contribution < 1.29 is 0 Å². The molecule has 3 aromatic heterocycles. The molecule has 0 N–H and O–H groups in total. The van der Waals surface area contributed by atoms with Crippen molar-refractivity contribution in [2.45, 2.75) is 19.4 Å². The molecule has 0 radical (unpaired) electrons. The molecule has 0 spiro atoms. The first kappa shape index (κ1) is 10.2. The van der Waals surface area contributed by atoms with Gasteiger partial charge in [-0.3, -0.25) is 9.36 Å². The molecule has 3 heterocycles. The highest BCUT2D eigenvalue weighted by Crippen LogP contribution is 2.31. The van der Waals surface area contributed by atoms with Crippen LogP contribution in [0.25, 0.3) is 20.4 Å². The van der Waals surface area contributed by atoms with Crippen LogP contribution in [-0.4, -0.2) is 14.5 Å². The molecule has 4 rings (SSSR count).